The highest BCUT2D eigenvalue weighted by Gasteiger charge is 2.41. The molecule has 2 fully saturated rings. The summed E-state index contributed by atoms with van der Waals surface area (Å²) in [6, 6.07) is 0. The molecule has 0 bridgehead atoms. The van der Waals surface area contributed by atoms with E-state index in [-0.39, 0.29) is 0 Å². The zero-order valence-corrected chi connectivity index (χ0v) is 8.19. The summed E-state index contributed by atoms with van der Waals surface area (Å²) in [4.78, 5) is 0. The van der Waals surface area contributed by atoms with Crippen molar-refractivity contribution < 1.29 is 4.74 Å². The highest BCUT2D eigenvalue weighted by Crippen LogP contribution is 2.32. The van der Waals surface area contributed by atoms with E-state index in [1.807, 2.05) is 0 Å². The summed E-state index contributed by atoms with van der Waals surface area (Å²) in [5, 5.41) is 4.53. The Morgan fingerprint density at radius 3 is 3.09 bits per heavy atom. The molecule has 1 N–H and O–H groups in total. The molecule has 0 saturated carbocycles. The SMILES string of the molecule is BrC[C@@H]1C[C@@]2(CCCN2)CO1. The molecule has 2 saturated heterocycles. The van der Waals surface area contributed by atoms with Gasteiger partial charge in [-0.05, 0) is 25.8 Å². The molecule has 2 rings (SSSR count). The van der Waals surface area contributed by atoms with Crippen LogP contribution in [0.2, 0.25) is 0 Å². The van der Waals surface area contributed by atoms with E-state index in [0.29, 0.717) is 11.6 Å². The molecule has 64 valence electrons. The Balaban J connectivity index is 1.96. The fourth-order valence-electron chi connectivity index (χ4n) is 2.10. The maximum absolute atomic E-state index is 5.63. The van der Waals surface area contributed by atoms with Crippen molar-refractivity contribution >= 4 is 15.9 Å². The Morgan fingerprint density at radius 2 is 2.55 bits per heavy atom. The summed E-state index contributed by atoms with van der Waals surface area (Å²) in [5.74, 6) is 0. The van der Waals surface area contributed by atoms with Gasteiger partial charge in [0.2, 0.25) is 0 Å². The number of rotatable bonds is 1. The van der Waals surface area contributed by atoms with Crippen molar-refractivity contribution in [1.29, 1.82) is 0 Å². The standard InChI is InChI=1S/C8H14BrNO/c9-5-7-4-8(6-11-7)2-1-3-10-8/h7,10H,1-6H2/t7-,8-/m0/s1. The minimum absolute atomic E-state index is 0.360. The summed E-state index contributed by atoms with van der Waals surface area (Å²) < 4.78 is 5.63. The molecule has 0 aliphatic carbocycles. The molecule has 2 aliphatic rings. The van der Waals surface area contributed by atoms with E-state index in [9.17, 15) is 0 Å². The third-order valence-corrected chi connectivity index (χ3v) is 3.44. The van der Waals surface area contributed by atoms with Crippen LogP contribution in [0.1, 0.15) is 19.3 Å². The first kappa shape index (κ1) is 8.02. The zero-order chi connectivity index (χ0) is 7.73. The number of ether oxygens (including phenoxy) is 1. The van der Waals surface area contributed by atoms with Gasteiger partial charge in [0.1, 0.15) is 0 Å². The van der Waals surface area contributed by atoms with Gasteiger partial charge in [-0.25, -0.2) is 0 Å². The molecule has 2 atom stereocenters. The van der Waals surface area contributed by atoms with Gasteiger partial charge in [0.05, 0.1) is 12.7 Å². The van der Waals surface area contributed by atoms with Crippen LogP contribution in [-0.4, -0.2) is 30.1 Å². The van der Waals surface area contributed by atoms with Crippen LogP contribution in [-0.2, 0) is 4.74 Å². The summed E-state index contributed by atoms with van der Waals surface area (Å²) in [7, 11) is 0. The lowest BCUT2D eigenvalue weighted by Gasteiger charge is -2.20. The van der Waals surface area contributed by atoms with E-state index in [1.165, 1.54) is 25.8 Å². The smallest absolute Gasteiger partial charge is 0.0691 e. The van der Waals surface area contributed by atoms with E-state index in [4.69, 9.17) is 4.74 Å². The lowest BCUT2D eigenvalue weighted by atomic mass is 9.95. The summed E-state index contributed by atoms with van der Waals surface area (Å²) in [5.41, 5.74) is 0.360. The molecular formula is C8H14BrNO. The van der Waals surface area contributed by atoms with Crippen molar-refractivity contribution in [2.75, 3.05) is 18.5 Å². The van der Waals surface area contributed by atoms with Crippen LogP contribution in [0.3, 0.4) is 0 Å². The number of hydrogen-bond acceptors (Lipinski definition) is 2. The van der Waals surface area contributed by atoms with Crippen LogP contribution in [0.15, 0.2) is 0 Å². The summed E-state index contributed by atoms with van der Waals surface area (Å²) in [6.45, 7) is 2.10. The minimum Gasteiger partial charge on any atom is -0.375 e. The predicted molar refractivity (Wildman–Crippen MR) is 48.1 cm³/mol. The molecule has 0 aromatic rings. The maximum atomic E-state index is 5.63. The monoisotopic (exact) mass is 219 g/mol. The molecule has 11 heavy (non-hydrogen) atoms. The van der Waals surface area contributed by atoms with Crippen molar-refractivity contribution in [3.05, 3.63) is 0 Å². The normalized spacial score (nSPS) is 43.9. The van der Waals surface area contributed by atoms with Gasteiger partial charge in [-0.15, -0.1) is 0 Å². The highest BCUT2D eigenvalue weighted by molar-refractivity contribution is 9.09. The zero-order valence-electron chi connectivity index (χ0n) is 6.61. The third-order valence-electron chi connectivity index (χ3n) is 2.72. The molecule has 0 aromatic carbocycles. The van der Waals surface area contributed by atoms with Crippen LogP contribution in [0, 0.1) is 0 Å². The second kappa shape index (κ2) is 3.04. The summed E-state index contributed by atoms with van der Waals surface area (Å²) >= 11 is 3.45. The molecular weight excluding hydrogens is 206 g/mol. The fourth-order valence-corrected chi connectivity index (χ4v) is 2.51. The summed E-state index contributed by atoms with van der Waals surface area (Å²) in [6.07, 6.45) is 4.26. The number of hydrogen-bond donors (Lipinski definition) is 1. The van der Waals surface area contributed by atoms with Crippen molar-refractivity contribution in [2.24, 2.45) is 0 Å². The molecule has 0 amide bonds. The largest absolute Gasteiger partial charge is 0.375 e. The first-order chi connectivity index (χ1) is 5.35. The second-order valence-electron chi connectivity index (χ2n) is 3.60. The molecule has 2 heterocycles. The first-order valence-electron chi connectivity index (χ1n) is 4.27. The lowest BCUT2D eigenvalue weighted by molar-refractivity contribution is 0.118. The van der Waals surface area contributed by atoms with E-state index < -0.39 is 0 Å². The van der Waals surface area contributed by atoms with Gasteiger partial charge in [-0.1, -0.05) is 15.9 Å². The van der Waals surface area contributed by atoms with Crippen molar-refractivity contribution in [1.82, 2.24) is 5.32 Å². The van der Waals surface area contributed by atoms with Crippen LogP contribution in [0.5, 0.6) is 0 Å². The van der Waals surface area contributed by atoms with Crippen molar-refractivity contribution in [2.45, 2.75) is 30.9 Å². The molecule has 3 heteroatoms. The Bertz CT molecular complexity index is 145. The van der Waals surface area contributed by atoms with Crippen molar-refractivity contribution in [3.63, 3.8) is 0 Å². The number of halogens is 1. The first-order valence-corrected chi connectivity index (χ1v) is 5.39. The van der Waals surface area contributed by atoms with E-state index in [0.717, 1.165) is 11.9 Å². The van der Waals surface area contributed by atoms with Gasteiger partial charge in [0, 0.05) is 10.9 Å². The molecule has 2 nitrogen and oxygen atoms in total. The van der Waals surface area contributed by atoms with Crippen LogP contribution in [0.4, 0.5) is 0 Å². The average molecular weight is 220 g/mol. The Morgan fingerprint density at radius 1 is 1.64 bits per heavy atom. The topological polar surface area (TPSA) is 21.3 Å². The fraction of sp³-hybridized carbons (Fsp3) is 1.00. The quantitative estimate of drug-likeness (QED) is 0.672. The lowest BCUT2D eigenvalue weighted by Crippen LogP contribution is -2.40. The van der Waals surface area contributed by atoms with E-state index in [2.05, 4.69) is 21.2 Å². The van der Waals surface area contributed by atoms with Gasteiger partial charge in [0.25, 0.3) is 0 Å². The molecule has 0 unspecified atom stereocenters. The average Bonchev–Trinajstić information content (AvgIpc) is 2.62. The second-order valence-corrected chi connectivity index (χ2v) is 4.25. The van der Waals surface area contributed by atoms with Gasteiger partial charge < -0.3 is 10.1 Å². The third kappa shape index (κ3) is 1.46. The highest BCUT2D eigenvalue weighted by atomic mass is 79.9. The van der Waals surface area contributed by atoms with Gasteiger partial charge in [0.15, 0.2) is 0 Å². The molecule has 0 aromatic heterocycles. The Kier molecular flexibility index (Phi) is 2.21. The molecule has 0 radical (unpaired) electrons. The van der Waals surface area contributed by atoms with Crippen LogP contribution in [0.25, 0.3) is 0 Å². The van der Waals surface area contributed by atoms with Gasteiger partial charge in [-0.2, -0.15) is 0 Å². The predicted octanol–water partition coefficient (Wildman–Crippen LogP) is 1.29. The van der Waals surface area contributed by atoms with Gasteiger partial charge in [-0.3, -0.25) is 0 Å². The van der Waals surface area contributed by atoms with Gasteiger partial charge >= 0.3 is 0 Å². The van der Waals surface area contributed by atoms with E-state index in [1.54, 1.807) is 0 Å². The molecule has 2 aliphatic heterocycles. The van der Waals surface area contributed by atoms with E-state index >= 15 is 0 Å². The molecule has 1 spiro atoms. The van der Waals surface area contributed by atoms with Crippen molar-refractivity contribution in [3.8, 4) is 0 Å². The van der Waals surface area contributed by atoms with Crippen LogP contribution < -0.4 is 5.32 Å². The number of nitrogens with one attached hydrogen (secondary N) is 1. The number of alkyl halides is 1. The maximum Gasteiger partial charge on any atom is 0.0691 e. The van der Waals surface area contributed by atoms with Crippen LogP contribution >= 0.6 is 15.9 Å². The Labute approximate surface area is 75.8 Å². The Hall–Kier alpha value is 0.400. The minimum atomic E-state index is 0.360.